The van der Waals surface area contributed by atoms with Gasteiger partial charge in [0.1, 0.15) is 5.82 Å². The Morgan fingerprint density at radius 2 is 2.00 bits per heavy atom. The van der Waals surface area contributed by atoms with Gasteiger partial charge in [-0.05, 0) is 43.6 Å². The number of piperazine rings is 1. The predicted molar refractivity (Wildman–Crippen MR) is 108 cm³/mol. The Bertz CT molecular complexity index is 741. The average molecular weight is 388 g/mol. The molecule has 2 amide bonds. The molecule has 1 fully saturated rings. The molecular weight excluding hydrogens is 354 g/mol. The van der Waals surface area contributed by atoms with Crippen molar-refractivity contribution in [1.82, 2.24) is 25.5 Å². The summed E-state index contributed by atoms with van der Waals surface area (Å²) < 4.78 is 0. The minimum Gasteiger partial charge on any atom is -0.353 e. The van der Waals surface area contributed by atoms with Gasteiger partial charge in [-0.15, -0.1) is 0 Å². The van der Waals surface area contributed by atoms with Crippen LogP contribution < -0.4 is 10.6 Å². The first-order valence-electron chi connectivity index (χ1n) is 10.4. The monoisotopic (exact) mass is 387 g/mol. The number of fused-ring (bicyclic) bond motifs is 1. The molecule has 2 heterocycles. The highest BCUT2D eigenvalue weighted by Gasteiger charge is 2.33. The molecule has 2 aliphatic rings. The minimum atomic E-state index is -0.417. The molecule has 7 nitrogen and oxygen atoms in total. The smallest absolute Gasteiger partial charge is 0.237 e. The van der Waals surface area contributed by atoms with E-state index in [0.717, 1.165) is 43.7 Å². The molecule has 1 aliphatic carbocycles. The lowest BCUT2D eigenvalue weighted by Crippen LogP contribution is -2.58. The normalized spacial score (nSPS) is 20.4. The fourth-order valence-electron chi connectivity index (χ4n) is 4.13. The number of hydrogen-bond acceptors (Lipinski definition) is 5. The molecule has 1 atom stereocenters. The first-order valence-corrected chi connectivity index (χ1v) is 10.4. The summed E-state index contributed by atoms with van der Waals surface area (Å²) in [5, 5.41) is 5.80. The third-order valence-electron chi connectivity index (χ3n) is 5.38. The summed E-state index contributed by atoms with van der Waals surface area (Å²) in [5.41, 5.74) is 3.50. The van der Waals surface area contributed by atoms with Crippen molar-refractivity contribution in [1.29, 1.82) is 0 Å². The number of carbonyl (C=O) groups excluding carboxylic acids is 2. The van der Waals surface area contributed by atoms with Gasteiger partial charge in [0.15, 0.2) is 0 Å². The molecule has 0 saturated carbocycles. The molecular formula is C21H33N5O2. The van der Waals surface area contributed by atoms with Crippen LogP contribution in [-0.4, -0.2) is 52.4 Å². The molecule has 1 aromatic heterocycles. The van der Waals surface area contributed by atoms with Gasteiger partial charge in [0.05, 0.1) is 19.0 Å². The summed E-state index contributed by atoms with van der Waals surface area (Å²) in [5.74, 6) is 0.456. The lowest BCUT2D eigenvalue weighted by molar-refractivity contribution is -0.134. The van der Waals surface area contributed by atoms with Gasteiger partial charge < -0.3 is 10.6 Å². The fourth-order valence-corrected chi connectivity index (χ4v) is 4.13. The number of nitrogens with zero attached hydrogens (tertiary/aromatic N) is 3. The van der Waals surface area contributed by atoms with Crippen molar-refractivity contribution in [2.75, 3.05) is 19.6 Å². The third-order valence-corrected chi connectivity index (χ3v) is 5.38. The molecule has 1 unspecified atom stereocenters. The highest BCUT2D eigenvalue weighted by Crippen LogP contribution is 2.22. The van der Waals surface area contributed by atoms with Crippen molar-refractivity contribution >= 4 is 11.8 Å². The largest absolute Gasteiger partial charge is 0.353 e. The maximum absolute atomic E-state index is 12.5. The van der Waals surface area contributed by atoms with Crippen LogP contribution >= 0.6 is 0 Å². The Hall–Kier alpha value is -2.02. The lowest BCUT2D eigenvalue weighted by atomic mass is 9.94. The first-order chi connectivity index (χ1) is 13.2. The molecule has 1 aliphatic heterocycles. The summed E-state index contributed by atoms with van der Waals surface area (Å²) in [6.07, 6.45) is 4.56. The van der Waals surface area contributed by atoms with E-state index in [0.29, 0.717) is 18.9 Å². The van der Waals surface area contributed by atoms with Crippen LogP contribution in [0.1, 0.15) is 62.8 Å². The van der Waals surface area contributed by atoms with E-state index in [2.05, 4.69) is 46.3 Å². The van der Waals surface area contributed by atoms with Crippen molar-refractivity contribution in [3.05, 3.63) is 22.8 Å². The standard InChI is InChI=1S/C21H33N5O2/c1-14-15-7-5-6-8-16(15)25-18(24-14)12-23-19(27)11-17-20(28)22-9-10-26(17)13-21(2,3)4/h17H,5-13H2,1-4H3,(H,22,28)(H,23,27). The highest BCUT2D eigenvalue weighted by molar-refractivity contribution is 5.88. The zero-order chi connectivity index (χ0) is 20.3. The molecule has 3 rings (SSSR count). The van der Waals surface area contributed by atoms with E-state index in [1.807, 2.05) is 6.92 Å². The van der Waals surface area contributed by atoms with Crippen LogP contribution in [0.2, 0.25) is 0 Å². The van der Waals surface area contributed by atoms with Gasteiger partial charge in [-0.1, -0.05) is 20.8 Å². The molecule has 154 valence electrons. The predicted octanol–water partition coefficient (Wildman–Crippen LogP) is 1.52. The molecule has 2 N–H and O–H groups in total. The topological polar surface area (TPSA) is 87.2 Å². The molecule has 0 radical (unpaired) electrons. The Morgan fingerprint density at radius 1 is 1.25 bits per heavy atom. The van der Waals surface area contributed by atoms with Crippen LogP contribution in [0.5, 0.6) is 0 Å². The van der Waals surface area contributed by atoms with Crippen molar-refractivity contribution < 1.29 is 9.59 Å². The maximum Gasteiger partial charge on any atom is 0.237 e. The van der Waals surface area contributed by atoms with Crippen LogP contribution in [0.25, 0.3) is 0 Å². The van der Waals surface area contributed by atoms with E-state index in [9.17, 15) is 9.59 Å². The van der Waals surface area contributed by atoms with E-state index in [4.69, 9.17) is 0 Å². The number of aromatic nitrogens is 2. The van der Waals surface area contributed by atoms with Crippen molar-refractivity contribution in [3.63, 3.8) is 0 Å². The summed E-state index contributed by atoms with van der Waals surface area (Å²) in [7, 11) is 0. The van der Waals surface area contributed by atoms with E-state index >= 15 is 0 Å². The third kappa shape index (κ3) is 5.28. The molecule has 1 aromatic rings. The van der Waals surface area contributed by atoms with Gasteiger partial charge in [0.2, 0.25) is 11.8 Å². The number of nitrogens with one attached hydrogen (secondary N) is 2. The first kappa shape index (κ1) is 20.7. The van der Waals surface area contributed by atoms with Crippen LogP contribution in [0.4, 0.5) is 0 Å². The van der Waals surface area contributed by atoms with Crippen LogP contribution in [0, 0.1) is 12.3 Å². The van der Waals surface area contributed by atoms with E-state index < -0.39 is 6.04 Å². The van der Waals surface area contributed by atoms with Crippen molar-refractivity contribution in [3.8, 4) is 0 Å². The second-order valence-corrected chi connectivity index (χ2v) is 9.18. The average Bonchev–Trinajstić information content (AvgIpc) is 2.62. The Morgan fingerprint density at radius 3 is 2.75 bits per heavy atom. The van der Waals surface area contributed by atoms with Gasteiger partial charge in [-0.25, -0.2) is 9.97 Å². The molecule has 0 spiro atoms. The van der Waals surface area contributed by atoms with E-state index in [-0.39, 0.29) is 23.7 Å². The van der Waals surface area contributed by atoms with E-state index in [1.54, 1.807) is 0 Å². The molecule has 7 heteroatoms. The number of hydrogen-bond donors (Lipinski definition) is 2. The second kappa shape index (κ2) is 8.55. The van der Waals surface area contributed by atoms with Gasteiger partial charge >= 0.3 is 0 Å². The van der Waals surface area contributed by atoms with Gasteiger partial charge in [-0.2, -0.15) is 0 Å². The van der Waals surface area contributed by atoms with Crippen molar-refractivity contribution in [2.45, 2.75) is 72.4 Å². The quantitative estimate of drug-likeness (QED) is 0.800. The minimum absolute atomic E-state index is 0.0634. The van der Waals surface area contributed by atoms with E-state index in [1.165, 1.54) is 12.0 Å². The summed E-state index contributed by atoms with van der Waals surface area (Å²) in [4.78, 5) is 36.2. The molecule has 1 saturated heterocycles. The molecule has 0 aromatic carbocycles. The lowest BCUT2D eigenvalue weighted by Gasteiger charge is -2.38. The summed E-state index contributed by atoms with van der Waals surface area (Å²) in [6.45, 7) is 11.0. The maximum atomic E-state index is 12.5. The van der Waals surface area contributed by atoms with Crippen LogP contribution in [-0.2, 0) is 29.0 Å². The second-order valence-electron chi connectivity index (χ2n) is 9.18. The highest BCUT2D eigenvalue weighted by atomic mass is 16.2. The molecule has 28 heavy (non-hydrogen) atoms. The number of aryl methyl sites for hydroxylation is 2. The SMILES string of the molecule is Cc1nc(CNC(=O)CC2C(=O)NCCN2CC(C)(C)C)nc2c1CCCC2. The zero-order valence-electron chi connectivity index (χ0n) is 17.6. The van der Waals surface area contributed by atoms with Gasteiger partial charge in [0.25, 0.3) is 0 Å². The summed E-state index contributed by atoms with van der Waals surface area (Å²) in [6, 6.07) is -0.417. The van der Waals surface area contributed by atoms with Gasteiger partial charge in [-0.3, -0.25) is 14.5 Å². The van der Waals surface area contributed by atoms with Gasteiger partial charge in [0, 0.05) is 31.0 Å². The van der Waals surface area contributed by atoms with Crippen LogP contribution in [0.3, 0.4) is 0 Å². The fraction of sp³-hybridized carbons (Fsp3) is 0.714. The Balaban J connectivity index is 1.60. The molecule has 0 bridgehead atoms. The number of carbonyl (C=O) groups is 2. The zero-order valence-corrected chi connectivity index (χ0v) is 17.6. The summed E-state index contributed by atoms with van der Waals surface area (Å²) >= 11 is 0. The Labute approximate surface area is 167 Å². The van der Waals surface area contributed by atoms with Crippen molar-refractivity contribution in [2.24, 2.45) is 5.41 Å². The number of amides is 2. The Kier molecular flexibility index (Phi) is 6.33. The van der Waals surface area contributed by atoms with Crippen LogP contribution in [0.15, 0.2) is 0 Å². The number of rotatable bonds is 5.